The second kappa shape index (κ2) is 5.73. The first kappa shape index (κ1) is 14.3. The largest absolute Gasteiger partial charge is 0.340 e. The van der Waals surface area contributed by atoms with Crippen LogP contribution >= 0.6 is 0 Å². The molecular weight excluding hydrogens is 300 g/mol. The van der Waals surface area contributed by atoms with Gasteiger partial charge in [-0.25, -0.2) is 4.98 Å². The van der Waals surface area contributed by atoms with Crippen LogP contribution in [0.15, 0.2) is 54.9 Å². The summed E-state index contributed by atoms with van der Waals surface area (Å²) in [7, 11) is 0. The van der Waals surface area contributed by atoms with Gasteiger partial charge in [-0.1, -0.05) is 18.2 Å². The van der Waals surface area contributed by atoms with Gasteiger partial charge < -0.3 is 5.32 Å². The number of fused-ring (bicyclic) bond motifs is 1. The molecule has 3 aromatic heterocycles. The van der Waals surface area contributed by atoms with Crippen molar-refractivity contribution >= 4 is 17.3 Å². The summed E-state index contributed by atoms with van der Waals surface area (Å²) in [6, 6.07) is 13.9. The molecule has 0 aliphatic rings. The summed E-state index contributed by atoms with van der Waals surface area (Å²) < 4.78 is 1.72. The highest BCUT2D eigenvalue weighted by atomic mass is 15.4. The van der Waals surface area contributed by atoms with Crippen molar-refractivity contribution in [3.8, 4) is 11.4 Å². The quantitative estimate of drug-likeness (QED) is 0.626. The lowest BCUT2D eigenvalue weighted by atomic mass is 10.2. The molecule has 0 saturated heterocycles. The van der Waals surface area contributed by atoms with Crippen LogP contribution in [-0.2, 0) is 0 Å². The number of para-hydroxylation sites is 1. The van der Waals surface area contributed by atoms with Crippen LogP contribution in [0.1, 0.15) is 11.3 Å². The van der Waals surface area contributed by atoms with Crippen LogP contribution in [0.4, 0.5) is 11.5 Å². The third kappa shape index (κ3) is 2.58. The standard InChI is InChI=1S/C18H16N6/c1-12-6-3-4-8-15(12)21-16-10-13(2)20-18-22-17(23-24(16)18)14-7-5-9-19-11-14/h3-11,21H,1-2H3. The van der Waals surface area contributed by atoms with Crippen LogP contribution in [-0.4, -0.2) is 24.6 Å². The Morgan fingerprint density at radius 3 is 2.67 bits per heavy atom. The molecule has 118 valence electrons. The van der Waals surface area contributed by atoms with Crippen LogP contribution in [0.25, 0.3) is 17.2 Å². The maximum absolute atomic E-state index is 4.59. The fourth-order valence-electron chi connectivity index (χ4n) is 2.54. The molecule has 6 nitrogen and oxygen atoms in total. The van der Waals surface area contributed by atoms with Crippen molar-refractivity contribution in [2.24, 2.45) is 0 Å². The van der Waals surface area contributed by atoms with Gasteiger partial charge in [-0.3, -0.25) is 4.98 Å². The Bertz CT molecular complexity index is 1010. The normalized spacial score (nSPS) is 10.9. The number of benzene rings is 1. The monoisotopic (exact) mass is 316 g/mol. The molecule has 6 heteroatoms. The number of hydrogen-bond donors (Lipinski definition) is 1. The molecule has 0 amide bonds. The van der Waals surface area contributed by atoms with Crippen molar-refractivity contribution in [1.29, 1.82) is 0 Å². The minimum Gasteiger partial charge on any atom is -0.340 e. The molecule has 0 unspecified atom stereocenters. The SMILES string of the molecule is Cc1cc(Nc2ccccc2C)n2nc(-c3cccnc3)nc2n1. The van der Waals surface area contributed by atoms with Crippen molar-refractivity contribution in [3.63, 3.8) is 0 Å². The van der Waals surface area contributed by atoms with Gasteiger partial charge in [0.2, 0.25) is 0 Å². The summed E-state index contributed by atoms with van der Waals surface area (Å²) in [5.74, 6) is 1.99. The molecule has 1 N–H and O–H groups in total. The van der Waals surface area contributed by atoms with Gasteiger partial charge in [-0.2, -0.15) is 9.50 Å². The van der Waals surface area contributed by atoms with Crippen LogP contribution < -0.4 is 5.32 Å². The topological polar surface area (TPSA) is 68.0 Å². The molecule has 0 bridgehead atoms. The Labute approximate surface area is 139 Å². The molecule has 0 saturated carbocycles. The van der Waals surface area contributed by atoms with Crippen LogP contribution in [0.5, 0.6) is 0 Å². The van der Waals surface area contributed by atoms with E-state index in [0.29, 0.717) is 11.6 Å². The second-order valence-corrected chi connectivity index (χ2v) is 5.61. The maximum Gasteiger partial charge on any atom is 0.254 e. The van der Waals surface area contributed by atoms with Crippen molar-refractivity contribution in [2.45, 2.75) is 13.8 Å². The number of pyridine rings is 1. The lowest BCUT2D eigenvalue weighted by Crippen LogP contribution is -2.03. The number of nitrogens with zero attached hydrogens (tertiary/aromatic N) is 5. The van der Waals surface area contributed by atoms with E-state index in [4.69, 9.17) is 0 Å². The first-order chi connectivity index (χ1) is 11.7. The van der Waals surface area contributed by atoms with Crippen LogP contribution in [0.3, 0.4) is 0 Å². The zero-order chi connectivity index (χ0) is 16.5. The van der Waals surface area contributed by atoms with Crippen molar-refractivity contribution in [3.05, 3.63) is 66.1 Å². The number of aromatic nitrogens is 5. The van der Waals surface area contributed by atoms with Crippen molar-refractivity contribution < 1.29 is 0 Å². The highest BCUT2D eigenvalue weighted by Gasteiger charge is 2.12. The second-order valence-electron chi connectivity index (χ2n) is 5.61. The van der Waals surface area contributed by atoms with Gasteiger partial charge in [0, 0.05) is 35.4 Å². The number of aryl methyl sites for hydroxylation is 2. The lowest BCUT2D eigenvalue weighted by molar-refractivity contribution is 0.939. The summed E-state index contributed by atoms with van der Waals surface area (Å²) in [5, 5.41) is 8.02. The summed E-state index contributed by atoms with van der Waals surface area (Å²) in [4.78, 5) is 13.1. The van der Waals surface area contributed by atoms with Crippen molar-refractivity contribution in [2.75, 3.05) is 5.32 Å². The average molecular weight is 316 g/mol. The van der Waals surface area contributed by atoms with Gasteiger partial charge in [0.25, 0.3) is 5.78 Å². The highest BCUT2D eigenvalue weighted by molar-refractivity contribution is 5.63. The predicted molar refractivity (Wildman–Crippen MR) is 93.2 cm³/mol. The van der Waals surface area contributed by atoms with Crippen LogP contribution in [0.2, 0.25) is 0 Å². The number of anilines is 2. The van der Waals surface area contributed by atoms with Gasteiger partial charge in [0.1, 0.15) is 5.82 Å². The van der Waals surface area contributed by atoms with E-state index in [0.717, 1.165) is 28.3 Å². The average Bonchev–Trinajstić information content (AvgIpc) is 3.02. The molecule has 0 fully saturated rings. The third-order valence-electron chi connectivity index (χ3n) is 3.77. The lowest BCUT2D eigenvalue weighted by Gasteiger charge is -2.10. The smallest absolute Gasteiger partial charge is 0.254 e. The highest BCUT2D eigenvalue weighted by Crippen LogP contribution is 2.22. The molecule has 4 aromatic rings. The zero-order valence-electron chi connectivity index (χ0n) is 13.4. The molecule has 3 heterocycles. The van der Waals surface area contributed by atoms with Gasteiger partial charge in [0.05, 0.1) is 0 Å². The van der Waals surface area contributed by atoms with Crippen molar-refractivity contribution in [1.82, 2.24) is 24.6 Å². The first-order valence-electron chi connectivity index (χ1n) is 7.68. The summed E-state index contributed by atoms with van der Waals surface area (Å²) in [5.41, 5.74) is 3.93. The number of hydrogen-bond acceptors (Lipinski definition) is 5. The fraction of sp³-hybridized carbons (Fsp3) is 0.111. The first-order valence-corrected chi connectivity index (χ1v) is 7.68. The molecule has 24 heavy (non-hydrogen) atoms. The number of rotatable bonds is 3. The summed E-state index contributed by atoms with van der Waals surface area (Å²) >= 11 is 0. The molecule has 4 rings (SSSR count). The Kier molecular flexibility index (Phi) is 3.42. The molecule has 0 atom stereocenters. The Morgan fingerprint density at radius 2 is 1.88 bits per heavy atom. The predicted octanol–water partition coefficient (Wildman–Crippen LogP) is 3.55. The van der Waals surface area contributed by atoms with E-state index in [-0.39, 0.29) is 0 Å². The Morgan fingerprint density at radius 1 is 1.00 bits per heavy atom. The van der Waals surface area contributed by atoms with Gasteiger partial charge in [-0.05, 0) is 37.6 Å². The minimum atomic E-state index is 0.560. The molecule has 0 spiro atoms. The molecule has 0 aliphatic carbocycles. The van der Waals surface area contributed by atoms with Gasteiger partial charge >= 0.3 is 0 Å². The van der Waals surface area contributed by atoms with E-state index in [1.54, 1.807) is 16.9 Å². The van der Waals surface area contributed by atoms with E-state index < -0.39 is 0 Å². The van der Waals surface area contributed by atoms with Gasteiger partial charge in [-0.15, -0.1) is 5.10 Å². The van der Waals surface area contributed by atoms with E-state index in [1.165, 1.54) is 0 Å². The Hall–Kier alpha value is -3.28. The fourth-order valence-corrected chi connectivity index (χ4v) is 2.54. The van der Waals surface area contributed by atoms with E-state index in [1.807, 2.05) is 43.3 Å². The summed E-state index contributed by atoms with van der Waals surface area (Å²) in [6.45, 7) is 4.01. The third-order valence-corrected chi connectivity index (χ3v) is 3.77. The Balaban J connectivity index is 1.83. The molecule has 0 aliphatic heterocycles. The summed E-state index contributed by atoms with van der Waals surface area (Å²) in [6.07, 6.45) is 3.48. The van der Waals surface area contributed by atoms with Crippen LogP contribution in [0, 0.1) is 13.8 Å². The maximum atomic E-state index is 4.59. The van der Waals surface area contributed by atoms with E-state index in [2.05, 4.69) is 38.4 Å². The molecular formula is C18H16N6. The van der Waals surface area contributed by atoms with Gasteiger partial charge in [0.15, 0.2) is 5.82 Å². The molecule has 1 aromatic carbocycles. The van der Waals surface area contributed by atoms with E-state index >= 15 is 0 Å². The minimum absolute atomic E-state index is 0.560. The van der Waals surface area contributed by atoms with E-state index in [9.17, 15) is 0 Å². The molecule has 0 radical (unpaired) electrons. The number of nitrogens with one attached hydrogen (secondary N) is 1. The zero-order valence-corrected chi connectivity index (χ0v) is 13.4.